The summed E-state index contributed by atoms with van der Waals surface area (Å²) in [5, 5.41) is 0. The molecular formula is C15H15F3O3. The van der Waals surface area contributed by atoms with Crippen LogP contribution in [-0.2, 0) is 16.0 Å². The van der Waals surface area contributed by atoms with E-state index in [2.05, 4.69) is 0 Å². The first-order valence-corrected chi connectivity index (χ1v) is 6.43. The van der Waals surface area contributed by atoms with Gasteiger partial charge in [-0.25, -0.2) is 13.2 Å². The van der Waals surface area contributed by atoms with E-state index in [4.69, 9.17) is 4.74 Å². The van der Waals surface area contributed by atoms with Gasteiger partial charge in [0.1, 0.15) is 11.4 Å². The number of ketones is 1. The van der Waals surface area contributed by atoms with E-state index in [1.807, 2.05) is 0 Å². The summed E-state index contributed by atoms with van der Waals surface area (Å²) in [4.78, 5) is 24.5. The highest BCUT2D eigenvalue weighted by Gasteiger charge is 2.60. The lowest BCUT2D eigenvalue weighted by molar-refractivity contribution is -0.171. The quantitative estimate of drug-likeness (QED) is 0.622. The second-order valence-corrected chi connectivity index (χ2v) is 6.05. The lowest BCUT2D eigenvalue weighted by Gasteiger charge is -2.29. The number of hydrogen-bond donors (Lipinski definition) is 0. The minimum atomic E-state index is -3.27. The second-order valence-electron chi connectivity index (χ2n) is 6.05. The van der Waals surface area contributed by atoms with Crippen LogP contribution in [0.2, 0.25) is 0 Å². The summed E-state index contributed by atoms with van der Waals surface area (Å²) in [6.07, 6.45) is -3.82. The fraction of sp³-hybridized carbons (Fsp3) is 0.467. The van der Waals surface area contributed by atoms with Crippen molar-refractivity contribution in [3.63, 3.8) is 0 Å². The number of ether oxygens (including phenoxy) is 1. The van der Waals surface area contributed by atoms with Gasteiger partial charge in [0.15, 0.2) is 11.2 Å². The lowest BCUT2D eigenvalue weighted by atomic mass is 9.83. The molecule has 1 aliphatic rings. The normalized spacial score (nSPS) is 21.6. The van der Waals surface area contributed by atoms with Crippen molar-refractivity contribution >= 4 is 11.8 Å². The van der Waals surface area contributed by atoms with Crippen molar-refractivity contribution < 1.29 is 27.5 Å². The van der Waals surface area contributed by atoms with Gasteiger partial charge >= 0.3 is 5.97 Å². The van der Waals surface area contributed by atoms with E-state index >= 15 is 0 Å². The van der Waals surface area contributed by atoms with Gasteiger partial charge in [-0.2, -0.15) is 0 Å². The Labute approximate surface area is 120 Å². The second kappa shape index (κ2) is 4.86. The predicted molar refractivity (Wildman–Crippen MR) is 68.7 cm³/mol. The van der Waals surface area contributed by atoms with Crippen molar-refractivity contribution in [3.8, 4) is 0 Å². The Morgan fingerprint density at radius 2 is 1.95 bits per heavy atom. The predicted octanol–water partition coefficient (Wildman–Crippen LogP) is 3.16. The molecule has 0 N–H and O–H groups in total. The number of carbonyl (C=O) groups excluding carboxylic acids is 2. The standard InChI is InChI=1S/C15H15F3O3/c1-14(2,3)21-13(20)15(12(17)18)7-8-5-4-6-9(16)10(8)11(15)19/h4-6,12H,7H2,1-3H3. The van der Waals surface area contributed by atoms with Crippen molar-refractivity contribution in [2.75, 3.05) is 0 Å². The molecule has 114 valence electrons. The van der Waals surface area contributed by atoms with Crippen molar-refractivity contribution in [2.45, 2.75) is 39.2 Å². The number of carbonyl (C=O) groups is 2. The minimum Gasteiger partial charge on any atom is -0.459 e. The van der Waals surface area contributed by atoms with Gasteiger partial charge in [0.25, 0.3) is 6.43 Å². The summed E-state index contributed by atoms with van der Waals surface area (Å²) in [7, 11) is 0. The third-order valence-corrected chi connectivity index (χ3v) is 3.34. The molecule has 0 spiro atoms. The van der Waals surface area contributed by atoms with Crippen LogP contribution in [0, 0.1) is 11.2 Å². The fourth-order valence-corrected chi connectivity index (χ4v) is 2.37. The highest BCUT2D eigenvalue weighted by molar-refractivity contribution is 6.16. The van der Waals surface area contributed by atoms with E-state index in [9.17, 15) is 22.8 Å². The molecule has 0 radical (unpaired) electrons. The van der Waals surface area contributed by atoms with E-state index in [-0.39, 0.29) is 5.56 Å². The van der Waals surface area contributed by atoms with Crippen LogP contribution < -0.4 is 0 Å². The molecule has 6 heteroatoms. The van der Waals surface area contributed by atoms with Crippen LogP contribution in [0.15, 0.2) is 18.2 Å². The molecule has 1 atom stereocenters. The molecule has 1 aromatic carbocycles. The van der Waals surface area contributed by atoms with Gasteiger partial charge < -0.3 is 4.74 Å². The molecule has 3 nitrogen and oxygen atoms in total. The third-order valence-electron chi connectivity index (χ3n) is 3.34. The molecule has 2 rings (SSSR count). The van der Waals surface area contributed by atoms with Crippen LogP contribution in [0.3, 0.4) is 0 Å². The van der Waals surface area contributed by atoms with Crippen LogP contribution in [0.4, 0.5) is 13.2 Å². The van der Waals surface area contributed by atoms with E-state index in [0.717, 1.165) is 6.07 Å². The maximum Gasteiger partial charge on any atom is 0.326 e. The monoisotopic (exact) mass is 300 g/mol. The van der Waals surface area contributed by atoms with E-state index in [1.54, 1.807) is 0 Å². The Morgan fingerprint density at radius 3 is 2.43 bits per heavy atom. The Kier molecular flexibility index (Phi) is 3.59. The van der Waals surface area contributed by atoms with Crippen LogP contribution in [0.25, 0.3) is 0 Å². The van der Waals surface area contributed by atoms with Gasteiger partial charge in [-0.3, -0.25) is 9.59 Å². The highest BCUT2D eigenvalue weighted by Crippen LogP contribution is 2.44. The lowest BCUT2D eigenvalue weighted by Crippen LogP contribution is -2.47. The maximum absolute atomic E-state index is 13.7. The van der Waals surface area contributed by atoms with Gasteiger partial charge in [0.05, 0.1) is 5.56 Å². The molecule has 0 aliphatic heterocycles. The number of benzene rings is 1. The molecule has 0 saturated heterocycles. The Bertz CT molecular complexity index is 605. The molecular weight excluding hydrogens is 285 g/mol. The summed E-state index contributed by atoms with van der Waals surface area (Å²) >= 11 is 0. The SMILES string of the molecule is CC(C)(C)OC(=O)C1(C(F)F)Cc2cccc(F)c2C1=O. The van der Waals surface area contributed by atoms with Gasteiger partial charge in [0, 0.05) is 6.42 Å². The average molecular weight is 300 g/mol. The number of halogens is 3. The zero-order valence-corrected chi connectivity index (χ0v) is 11.9. The minimum absolute atomic E-state index is 0.103. The van der Waals surface area contributed by atoms with Crippen LogP contribution in [0.5, 0.6) is 0 Å². The summed E-state index contributed by atoms with van der Waals surface area (Å²) in [5.41, 5.74) is -4.01. The maximum atomic E-state index is 13.7. The van der Waals surface area contributed by atoms with E-state index in [1.165, 1.54) is 32.9 Å². The third kappa shape index (κ3) is 2.43. The van der Waals surface area contributed by atoms with Crippen molar-refractivity contribution in [3.05, 3.63) is 35.1 Å². The number of hydrogen-bond acceptors (Lipinski definition) is 3. The summed E-state index contributed by atoms with van der Waals surface area (Å²) in [5.74, 6) is -3.42. The summed E-state index contributed by atoms with van der Waals surface area (Å²) < 4.78 is 45.7. The molecule has 1 unspecified atom stereocenters. The number of rotatable bonds is 2. The number of Topliss-reactive ketones (excluding diaryl/α,β-unsaturated/α-hetero) is 1. The molecule has 1 aromatic rings. The molecule has 1 aliphatic carbocycles. The van der Waals surface area contributed by atoms with Gasteiger partial charge in [-0.05, 0) is 32.4 Å². The largest absolute Gasteiger partial charge is 0.459 e. The highest BCUT2D eigenvalue weighted by atomic mass is 19.3. The molecule has 0 saturated carbocycles. The van der Waals surface area contributed by atoms with E-state index in [0.29, 0.717) is 0 Å². The van der Waals surface area contributed by atoms with Crippen molar-refractivity contribution in [1.29, 1.82) is 0 Å². The first kappa shape index (κ1) is 15.5. The topological polar surface area (TPSA) is 43.4 Å². The number of fused-ring (bicyclic) bond motifs is 1. The van der Waals surface area contributed by atoms with Crippen molar-refractivity contribution in [1.82, 2.24) is 0 Å². The van der Waals surface area contributed by atoms with Crippen LogP contribution in [0.1, 0.15) is 36.7 Å². The smallest absolute Gasteiger partial charge is 0.326 e. The van der Waals surface area contributed by atoms with E-state index < -0.39 is 47.0 Å². The molecule has 0 amide bonds. The molecule has 0 fully saturated rings. The van der Waals surface area contributed by atoms with Gasteiger partial charge in [-0.1, -0.05) is 12.1 Å². The Balaban J connectivity index is 2.51. The first-order chi connectivity index (χ1) is 9.59. The zero-order chi connectivity index (χ0) is 16.0. The summed E-state index contributed by atoms with van der Waals surface area (Å²) in [6.45, 7) is 4.53. The molecule has 0 bridgehead atoms. The molecule has 0 heterocycles. The first-order valence-electron chi connectivity index (χ1n) is 6.43. The molecule has 0 aromatic heterocycles. The number of alkyl halides is 2. The average Bonchev–Trinajstić information content (AvgIpc) is 2.63. The van der Waals surface area contributed by atoms with Gasteiger partial charge in [-0.15, -0.1) is 0 Å². The van der Waals surface area contributed by atoms with Crippen molar-refractivity contribution in [2.24, 2.45) is 5.41 Å². The summed E-state index contributed by atoms with van der Waals surface area (Å²) in [6, 6.07) is 3.69. The van der Waals surface area contributed by atoms with Crippen LogP contribution >= 0.6 is 0 Å². The fourth-order valence-electron chi connectivity index (χ4n) is 2.37. The van der Waals surface area contributed by atoms with Gasteiger partial charge in [0.2, 0.25) is 0 Å². The van der Waals surface area contributed by atoms with Crippen LogP contribution in [-0.4, -0.2) is 23.8 Å². The zero-order valence-electron chi connectivity index (χ0n) is 11.9. The molecule has 21 heavy (non-hydrogen) atoms. The Morgan fingerprint density at radius 1 is 1.33 bits per heavy atom. The number of esters is 1. The Hall–Kier alpha value is -1.85.